The summed E-state index contributed by atoms with van der Waals surface area (Å²) in [5, 5.41) is 3.76. The van der Waals surface area contributed by atoms with Gasteiger partial charge in [-0.3, -0.25) is 0 Å². The highest BCUT2D eigenvalue weighted by atomic mass is 35.5. The van der Waals surface area contributed by atoms with Gasteiger partial charge in [0.1, 0.15) is 5.56 Å². The van der Waals surface area contributed by atoms with E-state index in [0.29, 0.717) is 12.1 Å². The number of fused-ring (bicyclic) bond motifs is 1. The molecule has 1 heterocycles. The molecule has 0 amide bonds. The fourth-order valence-electron chi connectivity index (χ4n) is 4.24. The van der Waals surface area contributed by atoms with E-state index in [0.717, 1.165) is 29.1 Å². The van der Waals surface area contributed by atoms with E-state index >= 15 is 0 Å². The third-order valence-electron chi connectivity index (χ3n) is 5.83. The summed E-state index contributed by atoms with van der Waals surface area (Å²) in [6.07, 6.45) is 1.46. The fourth-order valence-corrected chi connectivity index (χ4v) is 5.53. The van der Waals surface area contributed by atoms with E-state index in [9.17, 15) is 4.79 Å². The average molecular weight is 559 g/mol. The van der Waals surface area contributed by atoms with Crippen LogP contribution in [-0.2, 0) is 11.3 Å². The number of carbonyl (C=O) groups is 1. The Hall–Kier alpha value is -1.69. The molecule has 1 aliphatic carbocycles. The Labute approximate surface area is 223 Å². The lowest BCUT2D eigenvalue weighted by atomic mass is 9.76. The summed E-state index contributed by atoms with van der Waals surface area (Å²) in [5.41, 5.74) is 5.75. The second-order valence-electron chi connectivity index (χ2n) is 9.20. The van der Waals surface area contributed by atoms with Crippen LogP contribution in [0.3, 0.4) is 0 Å². The molecule has 4 nitrogen and oxygen atoms in total. The topological polar surface area (TPSA) is 43.6 Å². The largest absolute Gasteiger partial charge is 0.368 e. The van der Waals surface area contributed by atoms with Gasteiger partial charge in [0.05, 0.1) is 30.8 Å². The Balaban J connectivity index is 1.75. The van der Waals surface area contributed by atoms with Crippen molar-refractivity contribution in [2.24, 2.45) is 10.6 Å². The third kappa shape index (κ3) is 4.59. The standard InChI is InChI=1S/C25H21Cl5N2O2/c1-12-5-7-14(8-6-12)32-13(2)9-15-16(10-25(3,4)11-17(15)32)31-34-24(33)18-19(26)21(28)23(30)22(29)20(18)27/h5-9H,10-11H2,1-4H3/b31-16+. The molecule has 1 aliphatic rings. The summed E-state index contributed by atoms with van der Waals surface area (Å²) in [4.78, 5) is 18.2. The molecular weight excluding hydrogens is 538 g/mol. The van der Waals surface area contributed by atoms with Crippen molar-refractivity contribution in [1.82, 2.24) is 4.57 Å². The summed E-state index contributed by atoms with van der Waals surface area (Å²) in [6, 6.07) is 10.4. The van der Waals surface area contributed by atoms with Crippen molar-refractivity contribution in [3.63, 3.8) is 0 Å². The zero-order chi connectivity index (χ0) is 24.9. The molecule has 9 heteroatoms. The molecule has 0 spiro atoms. The highest BCUT2D eigenvalue weighted by Gasteiger charge is 2.34. The van der Waals surface area contributed by atoms with Gasteiger partial charge >= 0.3 is 5.97 Å². The molecule has 0 aliphatic heterocycles. The van der Waals surface area contributed by atoms with E-state index in [1.54, 1.807) is 0 Å². The second-order valence-corrected chi connectivity index (χ2v) is 11.1. The quantitative estimate of drug-likeness (QED) is 0.139. The van der Waals surface area contributed by atoms with Crippen molar-refractivity contribution >= 4 is 69.7 Å². The van der Waals surface area contributed by atoms with E-state index in [4.69, 9.17) is 62.8 Å². The summed E-state index contributed by atoms with van der Waals surface area (Å²) in [5.74, 6) is -0.873. The van der Waals surface area contributed by atoms with Gasteiger partial charge < -0.3 is 9.40 Å². The molecule has 0 N–H and O–H groups in total. The highest BCUT2D eigenvalue weighted by molar-refractivity contribution is 6.56. The molecule has 0 radical (unpaired) electrons. The summed E-state index contributed by atoms with van der Waals surface area (Å²) in [6.45, 7) is 8.42. The van der Waals surface area contributed by atoms with Crippen molar-refractivity contribution in [2.75, 3.05) is 0 Å². The summed E-state index contributed by atoms with van der Waals surface area (Å²) in [7, 11) is 0. The zero-order valence-corrected chi connectivity index (χ0v) is 22.7. The number of aryl methyl sites for hydroxylation is 2. The van der Waals surface area contributed by atoms with Crippen LogP contribution in [-0.4, -0.2) is 16.2 Å². The Morgan fingerprint density at radius 2 is 1.47 bits per heavy atom. The van der Waals surface area contributed by atoms with Gasteiger partial charge in [-0.15, -0.1) is 0 Å². The van der Waals surface area contributed by atoms with Crippen LogP contribution >= 0.6 is 58.0 Å². The first kappa shape index (κ1) is 25.4. The number of aromatic nitrogens is 1. The molecule has 1 aromatic heterocycles. The summed E-state index contributed by atoms with van der Waals surface area (Å²) >= 11 is 30.6. The first-order chi connectivity index (χ1) is 15.9. The normalized spacial score (nSPS) is 16.0. The molecule has 178 valence electrons. The van der Waals surface area contributed by atoms with Crippen LogP contribution in [0, 0.1) is 19.3 Å². The Morgan fingerprint density at radius 3 is 2.06 bits per heavy atom. The van der Waals surface area contributed by atoms with Gasteiger partial charge in [0.2, 0.25) is 0 Å². The van der Waals surface area contributed by atoms with Crippen molar-refractivity contribution < 1.29 is 9.63 Å². The SMILES string of the molecule is Cc1ccc(-n2c(C)cc3c2CC(C)(C)C/C3=N\OC(=O)c2c(Cl)c(Cl)c(Cl)c(Cl)c2Cl)cc1. The lowest BCUT2D eigenvalue weighted by Gasteiger charge is -2.31. The lowest BCUT2D eigenvalue weighted by Crippen LogP contribution is -2.28. The van der Waals surface area contributed by atoms with Crippen LogP contribution in [0.25, 0.3) is 5.69 Å². The molecule has 0 saturated heterocycles. The number of nitrogens with zero attached hydrogens (tertiary/aromatic N) is 2. The molecule has 0 bridgehead atoms. The highest BCUT2D eigenvalue weighted by Crippen LogP contribution is 2.44. The van der Waals surface area contributed by atoms with Gasteiger partial charge in [-0.05, 0) is 50.3 Å². The monoisotopic (exact) mass is 556 g/mol. The molecule has 34 heavy (non-hydrogen) atoms. The van der Waals surface area contributed by atoms with Crippen LogP contribution < -0.4 is 0 Å². The number of carbonyl (C=O) groups excluding carboxylic acids is 1. The Kier molecular flexibility index (Phi) is 7.03. The van der Waals surface area contributed by atoms with Gasteiger partial charge in [0, 0.05) is 22.6 Å². The molecular formula is C25H21Cl5N2O2. The van der Waals surface area contributed by atoms with Crippen molar-refractivity contribution in [3.05, 3.63) is 83.5 Å². The van der Waals surface area contributed by atoms with Crippen LogP contribution in [0.4, 0.5) is 0 Å². The van der Waals surface area contributed by atoms with E-state index in [2.05, 4.69) is 60.8 Å². The zero-order valence-electron chi connectivity index (χ0n) is 18.9. The number of benzene rings is 2. The summed E-state index contributed by atoms with van der Waals surface area (Å²) < 4.78 is 2.22. The minimum atomic E-state index is -0.873. The first-order valence-electron chi connectivity index (χ1n) is 10.5. The van der Waals surface area contributed by atoms with Crippen LogP contribution in [0.5, 0.6) is 0 Å². The minimum absolute atomic E-state index is 0.0345. The number of rotatable bonds is 3. The Bertz CT molecular complexity index is 1310. The van der Waals surface area contributed by atoms with Gasteiger partial charge in [-0.1, -0.05) is 94.7 Å². The molecule has 0 saturated carbocycles. The van der Waals surface area contributed by atoms with Crippen LogP contribution in [0.2, 0.25) is 25.1 Å². The number of oxime groups is 1. The van der Waals surface area contributed by atoms with Crippen LogP contribution in [0.1, 0.15) is 53.1 Å². The van der Waals surface area contributed by atoms with Crippen molar-refractivity contribution in [3.8, 4) is 5.69 Å². The molecule has 0 fully saturated rings. The first-order valence-corrected chi connectivity index (χ1v) is 12.4. The second kappa shape index (κ2) is 9.40. The molecule has 0 atom stereocenters. The number of hydrogen-bond donors (Lipinski definition) is 0. The molecule has 4 rings (SSSR count). The van der Waals surface area contributed by atoms with Gasteiger partial charge in [-0.25, -0.2) is 4.79 Å². The average Bonchev–Trinajstić information content (AvgIpc) is 3.10. The van der Waals surface area contributed by atoms with Crippen molar-refractivity contribution in [2.45, 2.75) is 40.5 Å². The minimum Gasteiger partial charge on any atom is -0.318 e. The van der Waals surface area contributed by atoms with E-state index in [-0.39, 0.29) is 36.1 Å². The third-order valence-corrected chi connectivity index (χ3v) is 8.11. The number of hydrogen-bond acceptors (Lipinski definition) is 3. The predicted molar refractivity (Wildman–Crippen MR) is 141 cm³/mol. The van der Waals surface area contributed by atoms with Gasteiger partial charge in [-0.2, -0.15) is 0 Å². The maximum Gasteiger partial charge on any atom is 0.368 e. The van der Waals surface area contributed by atoms with Crippen LogP contribution in [0.15, 0.2) is 35.5 Å². The molecule has 2 aromatic carbocycles. The molecule has 3 aromatic rings. The maximum atomic E-state index is 12.9. The fraction of sp³-hybridized carbons (Fsp3) is 0.280. The van der Waals surface area contributed by atoms with Crippen molar-refractivity contribution in [1.29, 1.82) is 0 Å². The van der Waals surface area contributed by atoms with E-state index < -0.39 is 5.97 Å². The smallest absolute Gasteiger partial charge is 0.318 e. The lowest BCUT2D eigenvalue weighted by molar-refractivity contribution is 0.0514. The number of halogens is 5. The Morgan fingerprint density at radius 1 is 0.912 bits per heavy atom. The predicted octanol–water partition coefficient (Wildman–Crippen LogP) is 8.89. The van der Waals surface area contributed by atoms with E-state index in [1.165, 1.54) is 5.56 Å². The maximum absolute atomic E-state index is 12.9. The molecule has 0 unspecified atom stereocenters. The van der Waals surface area contributed by atoms with Gasteiger partial charge in [0.15, 0.2) is 0 Å². The van der Waals surface area contributed by atoms with Gasteiger partial charge in [0.25, 0.3) is 0 Å². The van der Waals surface area contributed by atoms with E-state index in [1.807, 2.05) is 6.92 Å².